The molecule has 0 saturated carbocycles. The van der Waals surface area contributed by atoms with Crippen molar-refractivity contribution in [2.45, 2.75) is 40.0 Å². The number of ether oxygens (including phenoxy) is 2. The van der Waals surface area contributed by atoms with E-state index in [9.17, 15) is 4.79 Å². The maximum Gasteiger partial charge on any atom is 0.207 e. The third-order valence-electron chi connectivity index (χ3n) is 3.12. The summed E-state index contributed by atoms with van der Waals surface area (Å²) in [6.45, 7) is 6.76. The zero-order valence-corrected chi connectivity index (χ0v) is 12.0. The lowest BCUT2D eigenvalue weighted by atomic mass is 9.98. The average molecular weight is 262 g/mol. The van der Waals surface area contributed by atoms with Crippen molar-refractivity contribution >= 4 is 5.78 Å². The maximum absolute atomic E-state index is 11.4. The SMILES string of the molecule is CCCc1cc(CC(C)C)c2c(c1)OCC(=O)CO2. The van der Waals surface area contributed by atoms with Crippen LogP contribution in [0.25, 0.3) is 0 Å². The normalized spacial score (nSPS) is 14.6. The van der Waals surface area contributed by atoms with Gasteiger partial charge in [0.25, 0.3) is 0 Å². The van der Waals surface area contributed by atoms with Gasteiger partial charge in [-0.05, 0) is 36.0 Å². The largest absolute Gasteiger partial charge is 0.482 e. The summed E-state index contributed by atoms with van der Waals surface area (Å²) in [6.07, 6.45) is 3.06. The fourth-order valence-electron chi connectivity index (χ4n) is 2.37. The molecular weight excluding hydrogens is 240 g/mol. The fourth-order valence-corrected chi connectivity index (χ4v) is 2.37. The second-order valence-electron chi connectivity index (χ2n) is 5.55. The molecule has 1 aromatic rings. The Morgan fingerprint density at radius 1 is 1.21 bits per heavy atom. The van der Waals surface area contributed by atoms with Gasteiger partial charge in [-0.1, -0.05) is 33.3 Å². The molecule has 3 nitrogen and oxygen atoms in total. The summed E-state index contributed by atoms with van der Waals surface area (Å²) in [4.78, 5) is 11.4. The van der Waals surface area contributed by atoms with Crippen molar-refractivity contribution in [2.24, 2.45) is 5.92 Å². The molecule has 0 aliphatic carbocycles. The van der Waals surface area contributed by atoms with Crippen LogP contribution in [0.1, 0.15) is 38.3 Å². The van der Waals surface area contributed by atoms with Crippen LogP contribution in [0.2, 0.25) is 0 Å². The second kappa shape index (κ2) is 6.09. The highest BCUT2D eigenvalue weighted by atomic mass is 16.5. The molecule has 0 N–H and O–H groups in total. The fraction of sp³-hybridized carbons (Fsp3) is 0.562. The molecule has 1 aliphatic rings. The van der Waals surface area contributed by atoms with Crippen molar-refractivity contribution in [2.75, 3.05) is 13.2 Å². The van der Waals surface area contributed by atoms with Gasteiger partial charge in [0.1, 0.15) is 0 Å². The van der Waals surface area contributed by atoms with Gasteiger partial charge in [0.15, 0.2) is 24.7 Å². The summed E-state index contributed by atoms with van der Waals surface area (Å²) in [5, 5.41) is 0. The van der Waals surface area contributed by atoms with Crippen LogP contribution in [0, 0.1) is 5.92 Å². The van der Waals surface area contributed by atoms with E-state index in [0.717, 1.165) is 36.3 Å². The van der Waals surface area contributed by atoms with Crippen LogP contribution >= 0.6 is 0 Å². The maximum atomic E-state index is 11.4. The van der Waals surface area contributed by atoms with Gasteiger partial charge < -0.3 is 9.47 Å². The molecule has 1 aromatic carbocycles. The monoisotopic (exact) mass is 262 g/mol. The van der Waals surface area contributed by atoms with E-state index in [1.165, 1.54) is 5.56 Å². The van der Waals surface area contributed by atoms with Crippen molar-refractivity contribution < 1.29 is 14.3 Å². The number of ketones is 1. The number of carbonyl (C=O) groups excluding carboxylic acids is 1. The van der Waals surface area contributed by atoms with Crippen LogP contribution < -0.4 is 9.47 Å². The van der Waals surface area contributed by atoms with Gasteiger partial charge in [-0.3, -0.25) is 4.79 Å². The van der Waals surface area contributed by atoms with E-state index >= 15 is 0 Å². The Balaban J connectivity index is 2.39. The first-order valence-corrected chi connectivity index (χ1v) is 7.03. The molecule has 0 spiro atoms. The molecule has 0 aromatic heterocycles. The smallest absolute Gasteiger partial charge is 0.207 e. The lowest BCUT2D eigenvalue weighted by molar-refractivity contribution is -0.122. The van der Waals surface area contributed by atoms with E-state index in [1.54, 1.807) is 0 Å². The number of aryl methyl sites for hydroxylation is 1. The Morgan fingerprint density at radius 3 is 2.63 bits per heavy atom. The lowest BCUT2D eigenvalue weighted by Gasteiger charge is -2.15. The van der Waals surface area contributed by atoms with Crippen LogP contribution in [-0.2, 0) is 17.6 Å². The third-order valence-corrected chi connectivity index (χ3v) is 3.12. The average Bonchev–Trinajstić information content (AvgIpc) is 2.52. The summed E-state index contributed by atoms with van der Waals surface area (Å²) < 4.78 is 11.2. The molecule has 19 heavy (non-hydrogen) atoms. The number of rotatable bonds is 4. The van der Waals surface area contributed by atoms with Crippen LogP contribution in [0.3, 0.4) is 0 Å². The van der Waals surface area contributed by atoms with Gasteiger partial charge in [0.05, 0.1) is 0 Å². The highest BCUT2D eigenvalue weighted by Gasteiger charge is 2.20. The molecule has 0 radical (unpaired) electrons. The molecule has 0 atom stereocenters. The summed E-state index contributed by atoms with van der Waals surface area (Å²) in [5.41, 5.74) is 2.42. The number of fused-ring (bicyclic) bond motifs is 1. The quantitative estimate of drug-likeness (QED) is 0.836. The Kier molecular flexibility index (Phi) is 4.46. The highest BCUT2D eigenvalue weighted by molar-refractivity contribution is 5.82. The molecule has 1 heterocycles. The zero-order chi connectivity index (χ0) is 13.8. The van der Waals surface area contributed by atoms with Crippen LogP contribution in [0.5, 0.6) is 11.5 Å². The van der Waals surface area contributed by atoms with Gasteiger partial charge in [-0.25, -0.2) is 0 Å². The molecule has 0 saturated heterocycles. The van der Waals surface area contributed by atoms with Gasteiger partial charge in [-0.2, -0.15) is 0 Å². The van der Waals surface area contributed by atoms with Crippen molar-refractivity contribution in [3.05, 3.63) is 23.3 Å². The van der Waals surface area contributed by atoms with Gasteiger partial charge in [0, 0.05) is 0 Å². The molecular formula is C16H22O3. The topological polar surface area (TPSA) is 35.5 Å². The second-order valence-corrected chi connectivity index (χ2v) is 5.55. The molecule has 0 unspecified atom stereocenters. The number of benzene rings is 1. The summed E-state index contributed by atoms with van der Waals surface area (Å²) in [7, 11) is 0. The van der Waals surface area contributed by atoms with Crippen molar-refractivity contribution in [1.82, 2.24) is 0 Å². The van der Waals surface area contributed by atoms with Crippen molar-refractivity contribution in [3.8, 4) is 11.5 Å². The van der Waals surface area contributed by atoms with Crippen LogP contribution in [0.4, 0.5) is 0 Å². The number of carbonyl (C=O) groups is 1. The third kappa shape index (κ3) is 3.49. The predicted octanol–water partition coefficient (Wildman–Crippen LogP) is 3.18. The first kappa shape index (κ1) is 13.9. The highest BCUT2D eigenvalue weighted by Crippen LogP contribution is 2.36. The van der Waals surface area contributed by atoms with Gasteiger partial charge in [0.2, 0.25) is 5.78 Å². The predicted molar refractivity (Wildman–Crippen MR) is 75.0 cm³/mol. The summed E-state index contributed by atoms with van der Waals surface area (Å²) in [6, 6.07) is 4.21. The molecule has 3 heteroatoms. The molecule has 0 fully saturated rings. The molecule has 1 aliphatic heterocycles. The van der Waals surface area contributed by atoms with Gasteiger partial charge >= 0.3 is 0 Å². The zero-order valence-electron chi connectivity index (χ0n) is 12.0. The van der Waals surface area contributed by atoms with E-state index in [4.69, 9.17) is 9.47 Å². The van der Waals surface area contributed by atoms with E-state index in [2.05, 4.69) is 26.8 Å². The van der Waals surface area contributed by atoms with E-state index in [0.29, 0.717) is 5.92 Å². The van der Waals surface area contributed by atoms with E-state index in [-0.39, 0.29) is 19.0 Å². The summed E-state index contributed by atoms with van der Waals surface area (Å²) in [5.74, 6) is 2.03. The Morgan fingerprint density at radius 2 is 1.95 bits per heavy atom. The molecule has 0 bridgehead atoms. The number of hydrogen-bond acceptors (Lipinski definition) is 3. The Hall–Kier alpha value is -1.51. The number of Topliss-reactive ketones (excluding diaryl/α,β-unsaturated/α-hetero) is 1. The molecule has 0 amide bonds. The molecule has 2 rings (SSSR count). The summed E-state index contributed by atoms with van der Waals surface area (Å²) >= 11 is 0. The van der Waals surface area contributed by atoms with Crippen molar-refractivity contribution in [1.29, 1.82) is 0 Å². The van der Waals surface area contributed by atoms with Crippen LogP contribution in [0.15, 0.2) is 12.1 Å². The van der Waals surface area contributed by atoms with E-state index in [1.807, 2.05) is 6.07 Å². The minimum Gasteiger partial charge on any atom is -0.482 e. The van der Waals surface area contributed by atoms with Crippen LogP contribution in [-0.4, -0.2) is 19.0 Å². The lowest BCUT2D eigenvalue weighted by Crippen LogP contribution is -2.15. The first-order chi connectivity index (χ1) is 9.10. The standard InChI is InChI=1S/C16H22O3/c1-4-5-12-7-13(6-11(2)3)16-15(8-12)18-9-14(17)10-19-16/h7-8,11H,4-6,9-10H2,1-3H3. The minimum absolute atomic E-state index is 0.0104. The van der Waals surface area contributed by atoms with Gasteiger partial charge in [-0.15, -0.1) is 0 Å². The molecule has 104 valence electrons. The van der Waals surface area contributed by atoms with Crippen molar-refractivity contribution in [3.63, 3.8) is 0 Å². The van der Waals surface area contributed by atoms with E-state index < -0.39 is 0 Å². The Labute approximate surface area is 114 Å². The Bertz CT molecular complexity index is 463. The first-order valence-electron chi connectivity index (χ1n) is 7.03. The minimum atomic E-state index is -0.0104. The number of hydrogen-bond donors (Lipinski definition) is 0.